The number of benzene rings is 1. The van der Waals surface area contributed by atoms with Gasteiger partial charge in [0, 0.05) is 18.8 Å². The molecule has 0 aliphatic carbocycles. The highest BCUT2D eigenvalue weighted by Gasteiger charge is 2.43. The van der Waals surface area contributed by atoms with E-state index in [9.17, 15) is 27.9 Å². The molecule has 0 saturated carbocycles. The number of carbonyl (C=O) groups excluding carboxylic acids is 1. The van der Waals surface area contributed by atoms with Gasteiger partial charge in [0.15, 0.2) is 0 Å². The molecule has 1 aromatic carbocycles. The third kappa shape index (κ3) is 5.24. The van der Waals surface area contributed by atoms with Gasteiger partial charge in [-0.15, -0.1) is 5.10 Å². The fourth-order valence-electron chi connectivity index (χ4n) is 3.83. The van der Waals surface area contributed by atoms with Crippen LogP contribution in [0, 0.1) is 11.3 Å². The molecule has 36 heavy (non-hydrogen) atoms. The van der Waals surface area contributed by atoms with E-state index >= 15 is 0 Å². The second-order valence-corrected chi connectivity index (χ2v) is 8.79. The molecule has 1 saturated heterocycles. The summed E-state index contributed by atoms with van der Waals surface area (Å²) >= 11 is 0. The van der Waals surface area contributed by atoms with E-state index in [0.717, 1.165) is 12.1 Å². The number of rotatable bonds is 6. The van der Waals surface area contributed by atoms with Crippen molar-refractivity contribution >= 4 is 35.1 Å². The van der Waals surface area contributed by atoms with Crippen LogP contribution < -0.4 is 15.5 Å². The monoisotopic (exact) mass is 504 g/mol. The number of halogens is 3. The standard InChI is InChI=1S/C23H23F3N6O4/c1-13-12-32(10-9-22(13,2)20(34)35)17-8-7-16(11-27-17)28-18(33)19-30-31-21(36-19)29-15-5-3-14(4-6-15)23(24,25)26/h3-8,11,13H,9-10,12H2,1-2H3,(H,28,33)(H,29,31)(H,34,35). The second-order valence-electron chi connectivity index (χ2n) is 8.79. The SMILES string of the molecule is CC1CN(c2ccc(NC(=O)c3nnc(Nc4ccc(C(F)(F)F)cc4)o3)cn2)CCC1(C)C(=O)O. The lowest BCUT2D eigenvalue weighted by Crippen LogP contribution is -2.49. The van der Waals surface area contributed by atoms with E-state index in [2.05, 4.69) is 25.8 Å². The van der Waals surface area contributed by atoms with Crippen molar-refractivity contribution in [3.63, 3.8) is 0 Å². The van der Waals surface area contributed by atoms with Crippen LogP contribution in [0.2, 0.25) is 0 Å². The lowest BCUT2D eigenvalue weighted by atomic mass is 9.72. The Bertz CT molecular complexity index is 1250. The van der Waals surface area contributed by atoms with Gasteiger partial charge in [-0.2, -0.15) is 13.2 Å². The molecule has 0 radical (unpaired) electrons. The van der Waals surface area contributed by atoms with Gasteiger partial charge in [-0.05, 0) is 55.7 Å². The molecule has 1 aliphatic heterocycles. The number of amides is 1. The van der Waals surface area contributed by atoms with Crippen LogP contribution in [0.25, 0.3) is 0 Å². The number of piperidine rings is 1. The van der Waals surface area contributed by atoms with E-state index in [0.29, 0.717) is 31.0 Å². The molecule has 3 aromatic rings. The maximum atomic E-state index is 12.7. The summed E-state index contributed by atoms with van der Waals surface area (Å²) in [7, 11) is 0. The van der Waals surface area contributed by atoms with Gasteiger partial charge in [-0.1, -0.05) is 12.0 Å². The molecule has 2 unspecified atom stereocenters. The van der Waals surface area contributed by atoms with Gasteiger partial charge < -0.3 is 25.1 Å². The van der Waals surface area contributed by atoms with Crippen LogP contribution in [0.4, 0.5) is 36.4 Å². The number of carbonyl (C=O) groups is 2. The molecular formula is C23H23F3N6O4. The van der Waals surface area contributed by atoms with Gasteiger partial charge in [-0.25, -0.2) is 4.98 Å². The average Bonchev–Trinajstić information content (AvgIpc) is 3.30. The van der Waals surface area contributed by atoms with Crippen LogP contribution >= 0.6 is 0 Å². The first kappa shape index (κ1) is 24.9. The van der Waals surface area contributed by atoms with Gasteiger partial charge in [0.2, 0.25) is 0 Å². The van der Waals surface area contributed by atoms with Gasteiger partial charge >= 0.3 is 30.0 Å². The van der Waals surface area contributed by atoms with E-state index in [-0.39, 0.29) is 23.5 Å². The molecule has 2 atom stereocenters. The number of hydrogen-bond acceptors (Lipinski definition) is 8. The second kappa shape index (κ2) is 9.47. The summed E-state index contributed by atoms with van der Waals surface area (Å²) < 4.78 is 43.3. The largest absolute Gasteiger partial charge is 0.481 e. The Kier molecular flexibility index (Phi) is 6.57. The van der Waals surface area contributed by atoms with Crippen molar-refractivity contribution < 1.29 is 32.3 Å². The number of pyridine rings is 1. The zero-order valence-electron chi connectivity index (χ0n) is 19.3. The van der Waals surface area contributed by atoms with Crippen molar-refractivity contribution in [3.05, 3.63) is 54.0 Å². The maximum absolute atomic E-state index is 12.7. The van der Waals surface area contributed by atoms with Crippen LogP contribution in [0.5, 0.6) is 0 Å². The predicted octanol–water partition coefficient (Wildman–Crippen LogP) is 4.42. The number of anilines is 4. The van der Waals surface area contributed by atoms with Gasteiger partial charge in [0.05, 0.1) is 22.9 Å². The first-order valence-electron chi connectivity index (χ1n) is 11.0. The fourth-order valence-corrected chi connectivity index (χ4v) is 3.83. The lowest BCUT2D eigenvalue weighted by molar-refractivity contribution is -0.152. The number of hydrogen-bond donors (Lipinski definition) is 3. The van der Waals surface area contributed by atoms with Crippen molar-refractivity contribution in [2.45, 2.75) is 26.4 Å². The summed E-state index contributed by atoms with van der Waals surface area (Å²) in [5.41, 5.74) is -0.935. The van der Waals surface area contributed by atoms with Crippen LogP contribution in [0.15, 0.2) is 47.0 Å². The molecule has 3 heterocycles. The van der Waals surface area contributed by atoms with Gasteiger partial charge in [-0.3, -0.25) is 9.59 Å². The lowest BCUT2D eigenvalue weighted by Gasteiger charge is -2.42. The van der Waals surface area contributed by atoms with E-state index in [1.807, 2.05) is 11.8 Å². The van der Waals surface area contributed by atoms with Crippen molar-refractivity contribution in [2.75, 3.05) is 28.6 Å². The first-order valence-corrected chi connectivity index (χ1v) is 11.0. The third-order valence-corrected chi connectivity index (χ3v) is 6.38. The van der Waals surface area contributed by atoms with Gasteiger partial charge in [0.1, 0.15) is 5.82 Å². The number of aliphatic carboxylic acids is 1. The molecular weight excluding hydrogens is 481 g/mol. The average molecular weight is 504 g/mol. The molecule has 0 bridgehead atoms. The van der Waals surface area contributed by atoms with Crippen LogP contribution in [-0.4, -0.2) is 45.3 Å². The Balaban J connectivity index is 1.34. The molecule has 13 heteroatoms. The zero-order chi connectivity index (χ0) is 26.1. The summed E-state index contributed by atoms with van der Waals surface area (Å²) in [4.78, 5) is 30.4. The molecule has 10 nitrogen and oxygen atoms in total. The molecule has 3 N–H and O–H groups in total. The highest BCUT2D eigenvalue weighted by Crippen LogP contribution is 2.37. The summed E-state index contributed by atoms with van der Waals surface area (Å²) in [6.07, 6.45) is -2.50. The maximum Gasteiger partial charge on any atom is 0.416 e. The molecule has 4 rings (SSSR count). The van der Waals surface area contributed by atoms with E-state index in [1.54, 1.807) is 19.1 Å². The minimum Gasteiger partial charge on any atom is -0.481 e. The zero-order valence-corrected chi connectivity index (χ0v) is 19.3. The Labute approximate surface area is 203 Å². The first-order chi connectivity index (χ1) is 17.0. The fraction of sp³-hybridized carbons (Fsp3) is 0.348. The smallest absolute Gasteiger partial charge is 0.416 e. The van der Waals surface area contributed by atoms with E-state index in [4.69, 9.17) is 4.42 Å². The van der Waals surface area contributed by atoms with Gasteiger partial charge in [0.25, 0.3) is 0 Å². The van der Waals surface area contributed by atoms with Crippen molar-refractivity contribution in [3.8, 4) is 0 Å². The summed E-state index contributed by atoms with van der Waals surface area (Å²) in [5.74, 6) is -1.27. The number of nitrogens with one attached hydrogen (secondary N) is 2. The highest BCUT2D eigenvalue weighted by atomic mass is 19.4. The molecule has 2 aromatic heterocycles. The van der Waals surface area contributed by atoms with Crippen LogP contribution in [0.1, 0.15) is 36.5 Å². The predicted molar refractivity (Wildman–Crippen MR) is 123 cm³/mol. The Morgan fingerprint density at radius 2 is 1.83 bits per heavy atom. The molecule has 1 fully saturated rings. The third-order valence-electron chi connectivity index (χ3n) is 6.38. The Morgan fingerprint density at radius 3 is 2.42 bits per heavy atom. The molecule has 1 aliphatic rings. The topological polar surface area (TPSA) is 133 Å². The summed E-state index contributed by atoms with van der Waals surface area (Å²) in [5, 5.41) is 22.1. The van der Waals surface area contributed by atoms with Crippen molar-refractivity contribution in [1.82, 2.24) is 15.2 Å². The molecule has 0 spiro atoms. The normalized spacial score (nSPS) is 20.1. The van der Waals surface area contributed by atoms with E-state index < -0.39 is 29.0 Å². The highest BCUT2D eigenvalue weighted by molar-refractivity contribution is 6.00. The number of nitrogens with zero attached hydrogens (tertiary/aromatic N) is 4. The Morgan fingerprint density at radius 1 is 1.14 bits per heavy atom. The van der Waals surface area contributed by atoms with Crippen molar-refractivity contribution in [1.29, 1.82) is 0 Å². The summed E-state index contributed by atoms with van der Waals surface area (Å²) in [6, 6.07) is 7.40. The summed E-state index contributed by atoms with van der Waals surface area (Å²) in [6.45, 7) is 4.74. The van der Waals surface area contributed by atoms with E-state index in [1.165, 1.54) is 18.3 Å². The van der Waals surface area contributed by atoms with Crippen LogP contribution in [0.3, 0.4) is 0 Å². The number of carboxylic acid groups (broad SMARTS) is 1. The Hall–Kier alpha value is -4.16. The minimum absolute atomic E-state index is 0.0761. The minimum atomic E-state index is -4.45. The van der Waals surface area contributed by atoms with Crippen LogP contribution in [-0.2, 0) is 11.0 Å². The number of alkyl halides is 3. The quantitative estimate of drug-likeness (QED) is 0.446. The number of aromatic nitrogens is 3. The number of carboxylic acids is 1. The van der Waals surface area contributed by atoms with Crippen molar-refractivity contribution in [2.24, 2.45) is 11.3 Å². The molecule has 1 amide bonds. The molecule has 190 valence electrons.